The van der Waals surface area contributed by atoms with E-state index in [1.165, 1.54) is 44.4 Å². The zero-order valence-corrected chi connectivity index (χ0v) is 15.8. The van der Waals surface area contributed by atoms with Crippen molar-refractivity contribution in [3.8, 4) is 0 Å². The van der Waals surface area contributed by atoms with E-state index in [4.69, 9.17) is 0 Å². The van der Waals surface area contributed by atoms with Gasteiger partial charge in [-0.05, 0) is 42.5 Å². The van der Waals surface area contributed by atoms with E-state index in [-0.39, 0.29) is 22.1 Å². The van der Waals surface area contributed by atoms with E-state index in [0.717, 1.165) is 0 Å². The van der Waals surface area contributed by atoms with Gasteiger partial charge < -0.3 is 10.1 Å². The molecule has 1 amide bonds. The minimum Gasteiger partial charge on any atom is -0.465 e. The largest absolute Gasteiger partial charge is 0.465 e. The first-order chi connectivity index (χ1) is 11.7. The van der Waals surface area contributed by atoms with Gasteiger partial charge in [-0.25, -0.2) is 13.2 Å². The van der Waals surface area contributed by atoms with Crippen molar-refractivity contribution in [2.24, 2.45) is 0 Å². The lowest BCUT2D eigenvalue weighted by Gasteiger charge is -2.12. The summed E-state index contributed by atoms with van der Waals surface area (Å²) in [6.45, 7) is 1.37. The third-order valence-corrected chi connectivity index (χ3v) is 5.03. The van der Waals surface area contributed by atoms with Crippen LogP contribution in [-0.4, -0.2) is 27.4 Å². The number of halogens is 1. The van der Waals surface area contributed by atoms with Crippen molar-refractivity contribution in [1.82, 2.24) is 0 Å². The second kappa shape index (κ2) is 7.66. The molecule has 0 aliphatic rings. The highest BCUT2D eigenvalue weighted by Gasteiger charge is 2.23. The molecule has 0 radical (unpaired) electrons. The van der Waals surface area contributed by atoms with Crippen molar-refractivity contribution in [3.63, 3.8) is 0 Å². The fraction of sp³-hybridized carbons (Fsp3) is 0.125. The lowest BCUT2D eigenvalue weighted by molar-refractivity contribution is -0.114. The predicted molar refractivity (Wildman–Crippen MR) is 97.0 cm³/mol. The number of rotatable bonds is 5. The van der Waals surface area contributed by atoms with Crippen LogP contribution in [0.3, 0.4) is 0 Å². The van der Waals surface area contributed by atoms with Gasteiger partial charge >= 0.3 is 5.97 Å². The molecule has 0 aromatic heterocycles. The van der Waals surface area contributed by atoms with Crippen molar-refractivity contribution in [3.05, 3.63) is 52.5 Å². The summed E-state index contributed by atoms with van der Waals surface area (Å²) in [6.07, 6.45) is 0. The summed E-state index contributed by atoms with van der Waals surface area (Å²) in [5.74, 6) is -0.992. The van der Waals surface area contributed by atoms with Crippen LogP contribution in [0.15, 0.2) is 51.8 Å². The van der Waals surface area contributed by atoms with Gasteiger partial charge in [0.15, 0.2) is 0 Å². The van der Waals surface area contributed by atoms with E-state index >= 15 is 0 Å². The number of ether oxygens (including phenoxy) is 1. The molecular weight excluding hydrogens is 412 g/mol. The zero-order valence-electron chi connectivity index (χ0n) is 13.4. The van der Waals surface area contributed by atoms with Crippen LogP contribution in [0.4, 0.5) is 11.4 Å². The number of benzene rings is 2. The van der Waals surface area contributed by atoms with Crippen LogP contribution in [-0.2, 0) is 19.6 Å². The van der Waals surface area contributed by atoms with Gasteiger partial charge in [0.25, 0.3) is 10.0 Å². The standard InChI is InChI=1S/C16H15BrN2O5S/c1-10(20)18-12-4-6-13(7-5-12)19-25(22,23)15-8-3-11(17)9-14(15)16(21)24-2/h3-9,19H,1-2H3,(H,18,20). The van der Waals surface area contributed by atoms with Crippen LogP contribution in [0.1, 0.15) is 17.3 Å². The number of amides is 1. The van der Waals surface area contributed by atoms with Crippen LogP contribution in [0.2, 0.25) is 0 Å². The third-order valence-electron chi connectivity index (χ3n) is 3.09. The Kier molecular flexibility index (Phi) is 5.81. The molecule has 0 unspecified atom stereocenters. The topological polar surface area (TPSA) is 102 Å². The highest BCUT2D eigenvalue weighted by atomic mass is 79.9. The molecule has 25 heavy (non-hydrogen) atoms. The average Bonchev–Trinajstić information content (AvgIpc) is 2.55. The molecule has 2 aromatic rings. The summed E-state index contributed by atoms with van der Waals surface area (Å²) in [6, 6.07) is 10.3. The molecular formula is C16H15BrN2O5S. The van der Waals surface area contributed by atoms with E-state index in [9.17, 15) is 18.0 Å². The van der Waals surface area contributed by atoms with E-state index in [1.807, 2.05) is 0 Å². The second-order valence-corrected chi connectivity index (χ2v) is 7.56. The molecule has 2 rings (SSSR count). The summed E-state index contributed by atoms with van der Waals surface area (Å²) in [4.78, 5) is 22.7. The summed E-state index contributed by atoms with van der Waals surface area (Å²) in [7, 11) is -2.84. The number of carbonyl (C=O) groups is 2. The number of esters is 1. The van der Waals surface area contributed by atoms with Crippen molar-refractivity contribution < 1.29 is 22.7 Å². The Hall–Kier alpha value is -2.39. The molecule has 0 saturated carbocycles. The first kappa shape index (κ1) is 18.9. The maximum Gasteiger partial charge on any atom is 0.339 e. The fourth-order valence-corrected chi connectivity index (χ4v) is 3.64. The highest BCUT2D eigenvalue weighted by Crippen LogP contribution is 2.24. The number of carbonyl (C=O) groups excluding carboxylic acids is 2. The number of sulfonamides is 1. The van der Waals surface area contributed by atoms with Crippen LogP contribution < -0.4 is 10.0 Å². The normalized spacial score (nSPS) is 10.8. The van der Waals surface area contributed by atoms with Crippen molar-refractivity contribution in [1.29, 1.82) is 0 Å². The van der Waals surface area contributed by atoms with E-state index in [1.54, 1.807) is 12.1 Å². The number of nitrogens with one attached hydrogen (secondary N) is 2. The number of methoxy groups -OCH3 is 1. The molecule has 9 heteroatoms. The Morgan fingerprint density at radius 2 is 1.64 bits per heavy atom. The van der Waals surface area contributed by atoms with Crippen molar-refractivity contribution in [2.75, 3.05) is 17.1 Å². The molecule has 132 valence electrons. The van der Waals surface area contributed by atoms with Gasteiger partial charge in [0.2, 0.25) is 5.91 Å². The zero-order chi connectivity index (χ0) is 18.6. The van der Waals surface area contributed by atoms with Crippen molar-refractivity contribution in [2.45, 2.75) is 11.8 Å². The minimum absolute atomic E-state index is 0.0840. The van der Waals surface area contributed by atoms with Gasteiger partial charge in [-0.2, -0.15) is 0 Å². The Morgan fingerprint density at radius 1 is 1.04 bits per heavy atom. The monoisotopic (exact) mass is 426 g/mol. The van der Waals surface area contributed by atoms with Gasteiger partial charge in [0.1, 0.15) is 4.90 Å². The second-order valence-electron chi connectivity index (χ2n) is 5.00. The van der Waals surface area contributed by atoms with Crippen molar-refractivity contribution >= 4 is 49.2 Å². The quantitative estimate of drug-likeness (QED) is 0.715. The summed E-state index contributed by atoms with van der Waals surface area (Å²) in [5, 5.41) is 2.58. The SMILES string of the molecule is COC(=O)c1cc(Br)ccc1S(=O)(=O)Nc1ccc(NC(C)=O)cc1. The van der Waals surface area contributed by atoms with Gasteiger partial charge in [-0.3, -0.25) is 9.52 Å². The van der Waals surface area contributed by atoms with Crippen LogP contribution in [0, 0.1) is 0 Å². The molecule has 0 heterocycles. The lowest BCUT2D eigenvalue weighted by atomic mass is 10.2. The smallest absolute Gasteiger partial charge is 0.339 e. The highest BCUT2D eigenvalue weighted by molar-refractivity contribution is 9.10. The Balaban J connectivity index is 2.33. The molecule has 0 aliphatic heterocycles. The molecule has 0 aliphatic carbocycles. The number of hydrogen-bond donors (Lipinski definition) is 2. The van der Waals surface area contributed by atoms with Gasteiger partial charge in [0.05, 0.1) is 12.7 Å². The van der Waals surface area contributed by atoms with Crippen LogP contribution >= 0.6 is 15.9 Å². The molecule has 0 bridgehead atoms. The maximum absolute atomic E-state index is 12.6. The molecule has 2 aromatic carbocycles. The summed E-state index contributed by atoms with van der Waals surface area (Å²) >= 11 is 3.20. The van der Waals surface area contributed by atoms with E-state index < -0.39 is 16.0 Å². The summed E-state index contributed by atoms with van der Waals surface area (Å²) in [5.41, 5.74) is 0.737. The molecule has 2 N–H and O–H groups in total. The van der Waals surface area contributed by atoms with Gasteiger partial charge in [-0.15, -0.1) is 0 Å². The molecule has 7 nitrogen and oxygen atoms in total. The lowest BCUT2D eigenvalue weighted by Crippen LogP contribution is -2.17. The van der Waals surface area contributed by atoms with E-state index in [2.05, 4.69) is 30.7 Å². The molecule has 0 spiro atoms. The molecule has 0 fully saturated rings. The van der Waals surface area contributed by atoms with E-state index in [0.29, 0.717) is 10.2 Å². The fourth-order valence-electron chi connectivity index (χ4n) is 2.04. The average molecular weight is 427 g/mol. The Bertz CT molecular complexity index is 911. The summed E-state index contributed by atoms with van der Waals surface area (Å²) < 4.78 is 32.8. The Morgan fingerprint density at radius 3 is 2.20 bits per heavy atom. The van der Waals surface area contributed by atoms with Crippen LogP contribution in [0.5, 0.6) is 0 Å². The van der Waals surface area contributed by atoms with Gasteiger partial charge in [-0.1, -0.05) is 15.9 Å². The molecule has 0 atom stereocenters. The Labute approximate surface area is 153 Å². The molecule has 0 saturated heterocycles. The predicted octanol–water partition coefficient (Wildman–Crippen LogP) is 2.99. The first-order valence-corrected chi connectivity index (χ1v) is 9.29. The number of hydrogen-bond acceptors (Lipinski definition) is 5. The number of anilines is 2. The third kappa shape index (κ3) is 4.80. The van der Waals surface area contributed by atoms with Crippen LogP contribution in [0.25, 0.3) is 0 Å². The maximum atomic E-state index is 12.6. The van der Waals surface area contributed by atoms with Gasteiger partial charge in [0, 0.05) is 22.8 Å². The first-order valence-electron chi connectivity index (χ1n) is 7.01. The minimum atomic E-state index is -4.01.